The van der Waals surface area contributed by atoms with Gasteiger partial charge in [-0.25, -0.2) is 4.98 Å². The molecule has 0 spiro atoms. The van der Waals surface area contributed by atoms with Gasteiger partial charge in [-0.15, -0.1) is 12.4 Å². The summed E-state index contributed by atoms with van der Waals surface area (Å²) in [4.78, 5) is 21.5. The Morgan fingerprint density at radius 3 is 2.36 bits per heavy atom. The van der Waals surface area contributed by atoms with E-state index in [-0.39, 0.29) is 18.3 Å². The SMILES string of the molecule is CCOc1ccc(C(=O)N2CCN(c3nccn3CC)CC2)cc1OCC.Cl. The number of hydrogen-bond acceptors (Lipinski definition) is 5. The third kappa shape index (κ3) is 4.70. The minimum Gasteiger partial charge on any atom is -0.490 e. The van der Waals surface area contributed by atoms with Gasteiger partial charge < -0.3 is 23.8 Å². The van der Waals surface area contributed by atoms with Crippen molar-refractivity contribution in [1.82, 2.24) is 14.5 Å². The van der Waals surface area contributed by atoms with Crippen LogP contribution in [0.1, 0.15) is 31.1 Å². The molecular formula is C20H29ClN4O3. The molecule has 0 aliphatic carbocycles. The number of benzene rings is 1. The van der Waals surface area contributed by atoms with Crippen LogP contribution in [0, 0.1) is 0 Å². The molecule has 1 saturated heterocycles. The van der Waals surface area contributed by atoms with Crippen LogP contribution >= 0.6 is 12.4 Å². The summed E-state index contributed by atoms with van der Waals surface area (Å²) in [5, 5.41) is 0. The Kier molecular flexibility index (Phi) is 7.99. The van der Waals surface area contributed by atoms with Crippen molar-refractivity contribution in [3.8, 4) is 11.5 Å². The second-order valence-electron chi connectivity index (χ2n) is 6.32. The van der Waals surface area contributed by atoms with Crippen LogP contribution in [0.5, 0.6) is 11.5 Å². The summed E-state index contributed by atoms with van der Waals surface area (Å²) in [6.45, 7) is 10.8. The van der Waals surface area contributed by atoms with E-state index in [1.165, 1.54) is 0 Å². The van der Waals surface area contributed by atoms with Gasteiger partial charge in [-0.05, 0) is 39.0 Å². The third-order valence-corrected chi connectivity index (χ3v) is 4.67. The van der Waals surface area contributed by atoms with Crippen molar-refractivity contribution < 1.29 is 14.3 Å². The second-order valence-corrected chi connectivity index (χ2v) is 6.32. The molecule has 1 amide bonds. The molecule has 1 aromatic heterocycles. The van der Waals surface area contributed by atoms with Crippen LogP contribution in [0.15, 0.2) is 30.6 Å². The average molecular weight is 409 g/mol. The lowest BCUT2D eigenvalue weighted by Gasteiger charge is -2.35. The highest BCUT2D eigenvalue weighted by Crippen LogP contribution is 2.29. The highest BCUT2D eigenvalue weighted by Gasteiger charge is 2.24. The number of aryl methyl sites for hydroxylation is 1. The van der Waals surface area contributed by atoms with E-state index in [4.69, 9.17) is 9.47 Å². The molecule has 0 unspecified atom stereocenters. The first kappa shape index (κ1) is 21.9. The highest BCUT2D eigenvalue weighted by molar-refractivity contribution is 5.95. The molecule has 0 N–H and O–H groups in total. The number of halogens is 1. The highest BCUT2D eigenvalue weighted by atomic mass is 35.5. The maximum atomic E-state index is 12.9. The Hall–Kier alpha value is -2.41. The number of anilines is 1. The molecule has 1 aliphatic heterocycles. The van der Waals surface area contributed by atoms with Crippen LogP contribution in [0.2, 0.25) is 0 Å². The first-order valence-corrected chi connectivity index (χ1v) is 9.62. The van der Waals surface area contributed by atoms with E-state index < -0.39 is 0 Å². The average Bonchev–Trinajstić information content (AvgIpc) is 3.18. The Morgan fingerprint density at radius 2 is 1.71 bits per heavy atom. The van der Waals surface area contributed by atoms with Crippen molar-refractivity contribution in [2.75, 3.05) is 44.3 Å². The molecule has 2 aromatic rings. The summed E-state index contributed by atoms with van der Waals surface area (Å²) in [7, 11) is 0. The fourth-order valence-electron chi connectivity index (χ4n) is 3.31. The number of rotatable bonds is 7. The predicted octanol–water partition coefficient (Wildman–Crippen LogP) is 3.08. The van der Waals surface area contributed by atoms with Gasteiger partial charge in [0.15, 0.2) is 11.5 Å². The summed E-state index contributed by atoms with van der Waals surface area (Å²) in [5.41, 5.74) is 0.630. The van der Waals surface area contributed by atoms with Gasteiger partial charge in [0.25, 0.3) is 5.91 Å². The van der Waals surface area contributed by atoms with Crippen molar-refractivity contribution in [1.29, 1.82) is 0 Å². The van der Waals surface area contributed by atoms with Crippen molar-refractivity contribution in [3.63, 3.8) is 0 Å². The van der Waals surface area contributed by atoms with E-state index >= 15 is 0 Å². The molecule has 2 heterocycles. The van der Waals surface area contributed by atoms with Gasteiger partial charge in [-0.3, -0.25) is 4.79 Å². The van der Waals surface area contributed by atoms with Gasteiger partial charge >= 0.3 is 0 Å². The third-order valence-electron chi connectivity index (χ3n) is 4.67. The maximum absolute atomic E-state index is 12.9. The normalized spacial score (nSPS) is 13.8. The van der Waals surface area contributed by atoms with Gasteiger partial charge in [0.2, 0.25) is 5.95 Å². The van der Waals surface area contributed by atoms with Gasteiger partial charge in [0, 0.05) is 50.7 Å². The van der Waals surface area contributed by atoms with E-state index in [0.717, 1.165) is 25.6 Å². The van der Waals surface area contributed by atoms with Gasteiger partial charge in [-0.2, -0.15) is 0 Å². The fraction of sp³-hybridized carbons (Fsp3) is 0.500. The lowest BCUT2D eigenvalue weighted by atomic mass is 10.1. The number of aromatic nitrogens is 2. The van der Waals surface area contributed by atoms with Gasteiger partial charge in [0.1, 0.15) is 0 Å². The summed E-state index contributed by atoms with van der Waals surface area (Å²) in [6, 6.07) is 5.41. The molecule has 0 radical (unpaired) electrons. The lowest BCUT2D eigenvalue weighted by Crippen LogP contribution is -2.49. The Morgan fingerprint density at radius 1 is 1.04 bits per heavy atom. The van der Waals surface area contributed by atoms with Crippen LogP contribution < -0.4 is 14.4 Å². The van der Waals surface area contributed by atoms with Crippen LogP contribution in [-0.4, -0.2) is 59.8 Å². The van der Waals surface area contributed by atoms with Gasteiger partial charge in [0.05, 0.1) is 13.2 Å². The zero-order chi connectivity index (χ0) is 19.2. The zero-order valence-corrected chi connectivity index (χ0v) is 17.6. The largest absolute Gasteiger partial charge is 0.490 e. The number of carbonyl (C=O) groups is 1. The minimum atomic E-state index is 0. The number of piperazine rings is 1. The number of imidazole rings is 1. The Balaban J connectivity index is 0.00000280. The topological polar surface area (TPSA) is 59.8 Å². The van der Waals surface area contributed by atoms with E-state index in [9.17, 15) is 4.79 Å². The van der Waals surface area contributed by atoms with Crippen LogP contribution in [0.4, 0.5) is 5.95 Å². The minimum absolute atomic E-state index is 0. The first-order chi connectivity index (χ1) is 13.2. The van der Waals surface area contributed by atoms with Crippen molar-refractivity contribution >= 4 is 24.3 Å². The predicted molar refractivity (Wildman–Crippen MR) is 112 cm³/mol. The molecule has 0 bridgehead atoms. The first-order valence-electron chi connectivity index (χ1n) is 9.62. The van der Waals surface area contributed by atoms with Crippen molar-refractivity contribution in [2.45, 2.75) is 27.3 Å². The van der Waals surface area contributed by atoms with Crippen LogP contribution in [-0.2, 0) is 6.54 Å². The molecule has 28 heavy (non-hydrogen) atoms. The molecule has 154 valence electrons. The van der Waals surface area contributed by atoms with Crippen LogP contribution in [0.3, 0.4) is 0 Å². The molecule has 1 fully saturated rings. The maximum Gasteiger partial charge on any atom is 0.254 e. The van der Waals surface area contributed by atoms with Crippen LogP contribution in [0.25, 0.3) is 0 Å². The molecular weight excluding hydrogens is 380 g/mol. The standard InChI is InChI=1S/C20H28N4O3.ClH/c1-4-22-10-9-21-20(22)24-13-11-23(12-14-24)19(25)16-7-8-17(26-5-2)18(15-16)27-6-3;/h7-10,15H,4-6,11-14H2,1-3H3;1H. The molecule has 0 saturated carbocycles. The lowest BCUT2D eigenvalue weighted by molar-refractivity contribution is 0.0745. The molecule has 7 nitrogen and oxygen atoms in total. The number of ether oxygens (including phenoxy) is 2. The molecule has 1 aliphatic rings. The smallest absolute Gasteiger partial charge is 0.254 e. The fourth-order valence-corrected chi connectivity index (χ4v) is 3.31. The Labute approximate surface area is 172 Å². The summed E-state index contributed by atoms with van der Waals surface area (Å²) >= 11 is 0. The number of hydrogen-bond donors (Lipinski definition) is 0. The van der Waals surface area contributed by atoms with E-state index in [2.05, 4.69) is 21.4 Å². The van der Waals surface area contributed by atoms with E-state index in [1.54, 1.807) is 6.07 Å². The van der Waals surface area contributed by atoms with E-state index in [0.29, 0.717) is 43.4 Å². The zero-order valence-electron chi connectivity index (χ0n) is 16.8. The summed E-state index contributed by atoms with van der Waals surface area (Å²) < 4.78 is 13.3. The second kappa shape index (κ2) is 10.2. The number of nitrogens with zero attached hydrogens (tertiary/aromatic N) is 4. The molecule has 3 rings (SSSR count). The summed E-state index contributed by atoms with van der Waals surface area (Å²) in [6.07, 6.45) is 3.81. The summed E-state index contributed by atoms with van der Waals surface area (Å²) in [5.74, 6) is 2.29. The number of carbonyl (C=O) groups excluding carboxylic acids is 1. The molecule has 1 aromatic carbocycles. The van der Waals surface area contributed by atoms with Crippen molar-refractivity contribution in [2.24, 2.45) is 0 Å². The number of amides is 1. The van der Waals surface area contributed by atoms with Crippen molar-refractivity contribution in [3.05, 3.63) is 36.2 Å². The van der Waals surface area contributed by atoms with E-state index in [1.807, 2.05) is 43.3 Å². The Bertz CT molecular complexity index is 773. The monoisotopic (exact) mass is 408 g/mol. The van der Waals surface area contributed by atoms with Gasteiger partial charge in [-0.1, -0.05) is 0 Å². The quantitative estimate of drug-likeness (QED) is 0.704. The molecule has 8 heteroatoms. The molecule has 0 atom stereocenters.